The number of β-lactam (4-membered cyclic amide) rings is 2. The lowest BCUT2D eigenvalue weighted by Crippen LogP contribution is -2.74. The molecule has 25 heavy (non-hydrogen) atoms. The molecule has 2 N–H and O–H groups in total. The molecule has 0 radical (unpaired) electrons. The van der Waals surface area contributed by atoms with Gasteiger partial charge in [-0.05, 0) is 26.0 Å². The summed E-state index contributed by atoms with van der Waals surface area (Å²) in [4.78, 5) is 48.0. The highest BCUT2D eigenvalue weighted by molar-refractivity contribution is 7.81. The van der Waals surface area contributed by atoms with E-state index in [2.05, 4.69) is 17.9 Å². The second-order valence-corrected chi connectivity index (χ2v) is 7.20. The number of para-hydroxylation sites is 1. The van der Waals surface area contributed by atoms with Crippen LogP contribution < -0.4 is 10.1 Å². The number of benzene rings is 1. The fourth-order valence-electron chi connectivity index (χ4n) is 2.40. The summed E-state index contributed by atoms with van der Waals surface area (Å²) in [6.45, 7) is 2.59. The number of rotatable bonds is 7. The molecular weight excluding hydrogens is 348 g/mol. The van der Waals surface area contributed by atoms with Crippen molar-refractivity contribution in [1.82, 2.24) is 10.2 Å². The number of carbonyl (C=O) groups is 4. The Balaban J connectivity index is 1.95. The summed E-state index contributed by atoms with van der Waals surface area (Å²) in [5.41, 5.74) is 0. The molecule has 1 aromatic rings. The normalized spacial score (nSPS) is 16.2. The summed E-state index contributed by atoms with van der Waals surface area (Å²) >= 11 is 4.14. The highest BCUT2D eigenvalue weighted by Crippen LogP contribution is 2.28. The maximum absolute atomic E-state index is 12.1. The number of nitrogens with zero attached hydrogens (tertiary/aromatic N) is 1. The van der Waals surface area contributed by atoms with Gasteiger partial charge in [0.05, 0.1) is 0 Å². The molecule has 0 unspecified atom stereocenters. The van der Waals surface area contributed by atoms with Gasteiger partial charge in [-0.15, -0.1) is 0 Å². The third-order valence-electron chi connectivity index (χ3n) is 3.55. The maximum Gasteiger partial charge on any atom is 0.328 e. The van der Waals surface area contributed by atoms with Crippen LogP contribution in [0.15, 0.2) is 30.3 Å². The Morgan fingerprint density at radius 2 is 1.84 bits per heavy atom. The molecule has 3 amide bonds. The van der Waals surface area contributed by atoms with Crippen molar-refractivity contribution >= 4 is 36.3 Å². The Morgan fingerprint density at radius 3 is 2.32 bits per heavy atom. The SMILES string of the molecule is CC(C)(S)[C@H](C(=O)O)N1C(=O)C(NC(=O)COc2ccccc2)C1=O. The molecule has 1 aliphatic rings. The third-order valence-corrected chi connectivity index (χ3v) is 3.79. The van der Waals surface area contributed by atoms with E-state index in [4.69, 9.17) is 4.74 Å². The number of ether oxygens (including phenoxy) is 1. The Bertz CT molecular complexity index is 684. The highest BCUT2D eigenvalue weighted by Gasteiger charge is 2.56. The monoisotopic (exact) mass is 366 g/mol. The van der Waals surface area contributed by atoms with Gasteiger partial charge in [0.2, 0.25) is 0 Å². The lowest BCUT2D eigenvalue weighted by atomic mass is 9.94. The molecule has 134 valence electrons. The summed E-state index contributed by atoms with van der Waals surface area (Å²) in [6, 6.07) is 5.73. The van der Waals surface area contributed by atoms with E-state index in [1.807, 2.05) is 0 Å². The van der Waals surface area contributed by atoms with Crippen LogP contribution >= 0.6 is 12.6 Å². The second-order valence-electron chi connectivity index (χ2n) is 6.04. The van der Waals surface area contributed by atoms with Crippen LogP contribution in [-0.4, -0.2) is 57.1 Å². The Hall–Kier alpha value is -2.55. The molecule has 1 aromatic carbocycles. The first-order valence-electron chi connectivity index (χ1n) is 7.42. The molecule has 0 bridgehead atoms. The number of thiol groups is 1. The second kappa shape index (κ2) is 7.14. The van der Waals surface area contributed by atoms with E-state index in [1.165, 1.54) is 13.8 Å². The van der Waals surface area contributed by atoms with Crippen molar-refractivity contribution in [3.8, 4) is 5.75 Å². The largest absolute Gasteiger partial charge is 0.484 e. The molecule has 1 aliphatic heterocycles. The van der Waals surface area contributed by atoms with Gasteiger partial charge in [0, 0.05) is 4.75 Å². The summed E-state index contributed by atoms with van der Waals surface area (Å²) in [5.74, 6) is -3.11. The topological polar surface area (TPSA) is 113 Å². The number of hydrogen-bond acceptors (Lipinski definition) is 6. The lowest BCUT2D eigenvalue weighted by Gasteiger charge is -2.43. The number of carbonyl (C=O) groups excluding carboxylic acids is 3. The summed E-state index contributed by atoms with van der Waals surface area (Å²) in [7, 11) is 0. The number of aliphatic carboxylic acids is 1. The van der Waals surface area contributed by atoms with E-state index in [9.17, 15) is 24.3 Å². The minimum Gasteiger partial charge on any atom is -0.484 e. The predicted octanol–water partition coefficient (Wildman–Crippen LogP) is 0.0806. The van der Waals surface area contributed by atoms with Gasteiger partial charge in [-0.25, -0.2) is 4.79 Å². The van der Waals surface area contributed by atoms with Gasteiger partial charge in [0.15, 0.2) is 18.7 Å². The van der Waals surface area contributed by atoms with Crippen LogP contribution in [0.1, 0.15) is 13.8 Å². The quantitative estimate of drug-likeness (QED) is 0.358. The molecule has 9 heteroatoms. The van der Waals surface area contributed by atoms with Crippen LogP contribution in [0.4, 0.5) is 0 Å². The van der Waals surface area contributed by atoms with Gasteiger partial charge in [0.25, 0.3) is 17.7 Å². The molecule has 1 heterocycles. The van der Waals surface area contributed by atoms with Crippen LogP contribution in [0.2, 0.25) is 0 Å². The molecule has 8 nitrogen and oxygen atoms in total. The summed E-state index contributed by atoms with van der Waals surface area (Å²) in [5, 5.41) is 11.5. The fourth-order valence-corrected chi connectivity index (χ4v) is 2.63. The first kappa shape index (κ1) is 18.8. The zero-order valence-electron chi connectivity index (χ0n) is 13.6. The average Bonchev–Trinajstić information content (AvgIpc) is 2.54. The summed E-state index contributed by atoms with van der Waals surface area (Å²) < 4.78 is 4.08. The first-order valence-corrected chi connectivity index (χ1v) is 7.87. The maximum atomic E-state index is 12.1. The van der Waals surface area contributed by atoms with Gasteiger partial charge >= 0.3 is 5.97 Å². The molecule has 0 aromatic heterocycles. The first-order chi connectivity index (χ1) is 11.6. The number of carboxylic acid groups (broad SMARTS) is 1. The molecule has 1 saturated heterocycles. The number of amides is 3. The van der Waals surface area contributed by atoms with Crippen LogP contribution in [0, 0.1) is 0 Å². The fraction of sp³-hybridized carbons (Fsp3) is 0.375. The minimum atomic E-state index is -1.43. The van der Waals surface area contributed by atoms with E-state index < -0.39 is 40.5 Å². The van der Waals surface area contributed by atoms with Crippen molar-refractivity contribution in [3.63, 3.8) is 0 Å². The van der Waals surface area contributed by atoms with E-state index in [1.54, 1.807) is 30.3 Å². The van der Waals surface area contributed by atoms with Crippen molar-refractivity contribution in [2.24, 2.45) is 0 Å². The van der Waals surface area contributed by atoms with Gasteiger partial charge in [-0.1, -0.05) is 18.2 Å². The lowest BCUT2D eigenvalue weighted by molar-refractivity contribution is -0.173. The zero-order valence-corrected chi connectivity index (χ0v) is 14.5. The van der Waals surface area contributed by atoms with Gasteiger partial charge in [-0.3, -0.25) is 19.3 Å². The van der Waals surface area contributed by atoms with Gasteiger partial charge in [-0.2, -0.15) is 12.6 Å². The van der Waals surface area contributed by atoms with Gasteiger partial charge in [0.1, 0.15) is 5.75 Å². The van der Waals surface area contributed by atoms with Crippen LogP contribution in [0.25, 0.3) is 0 Å². The van der Waals surface area contributed by atoms with E-state index in [0.29, 0.717) is 10.6 Å². The molecule has 0 saturated carbocycles. The number of imide groups is 1. The smallest absolute Gasteiger partial charge is 0.328 e. The van der Waals surface area contributed by atoms with E-state index in [-0.39, 0.29) is 6.61 Å². The number of nitrogens with one attached hydrogen (secondary N) is 1. The molecule has 1 fully saturated rings. The van der Waals surface area contributed by atoms with Crippen molar-refractivity contribution < 1.29 is 29.0 Å². The van der Waals surface area contributed by atoms with Crippen LogP contribution in [0.5, 0.6) is 5.75 Å². The molecular formula is C16H18N2O6S. The van der Waals surface area contributed by atoms with E-state index >= 15 is 0 Å². The van der Waals surface area contributed by atoms with Crippen molar-refractivity contribution in [2.45, 2.75) is 30.7 Å². The number of hydrogen-bond donors (Lipinski definition) is 3. The zero-order chi connectivity index (χ0) is 18.8. The van der Waals surface area contributed by atoms with Gasteiger partial charge < -0.3 is 15.2 Å². The Morgan fingerprint density at radius 1 is 1.28 bits per heavy atom. The Labute approximate surface area is 149 Å². The predicted molar refractivity (Wildman–Crippen MR) is 90.2 cm³/mol. The van der Waals surface area contributed by atoms with Crippen molar-refractivity contribution in [3.05, 3.63) is 30.3 Å². The van der Waals surface area contributed by atoms with Crippen LogP contribution in [0.3, 0.4) is 0 Å². The number of carboxylic acids is 1. The molecule has 0 spiro atoms. The number of likely N-dealkylation sites (tertiary alicyclic amines) is 1. The Kier molecular flexibility index (Phi) is 5.36. The van der Waals surface area contributed by atoms with Crippen molar-refractivity contribution in [2.75, 3.05) is 6.61 Å². The van der Waals surface area contributed by atoms with Crippen LogP contribution in [-0.2, 0) is 19.2 Å². The highest BCUT2D eigenvalue weighted by atomic mass is 32.1. The third kappa shape index (κ3) is 4.11. The molecule has 0 aliphatic carbocycles. The average molecular weight is 366 g/mol. The van der Waals surface area contributed by atoms with E-state index in [0.717, 1.165) is 0 Å². The molecule has 2 rings (SSSR count). The van der Waals surface area contributed by atoms with Crippen molar-refractivity contribution in [1.29, 1.82) is 0 Å². The molecule has 1 atom stereocenters. The standard InChI is InChI=1S/C16H18N2O6S/c1-16(2,25)12(15(22)23)18-13(20)11(14(18)21)17-10(19)8-24-9-6-4-3-5-7-9/h3-7,11-12,25H,8H2,1-2H3,(H,17,19)(H,22,23)/t12-/m0/s1. The minimum absolute atomic E-state index is 0.374. The summed E-state index contributed by atoms with van der Waals surface area (Å²) in [6.07, 6.45) is 0.